The molecule has 2 heterocycles. The van der Waals surface area contributed by atoms with Crippen LogP contribution in [0.4, 0.5) is 8.78 Å². The number of nitrogens with zero attached hydrogens (tertiary/aromatic N) is 5. The molecular weight excluding hydrogens is 248 g/mol. The van der Waals surface area contributed by atoms with E-state index in [1.54, 1.807) is 0 Å². The molecule has 0 atom stereocenters. The monoisotopic (exact) mass is 257 g/mol. The van der Waals surface area contributed by atoms with E-state index in [0.717, 1.165) is 6.20 Å². The Morgan fingerprint density at radius 3 is 2.83 bits per heavy atom. The van der Waals surface area contributed by atoms with Crippen LogP contribution in [-0.2, 0) is 6.54 Å². The number of hydrogen-bond acceptors (Lipinski definition) is 4. The van der Waals surface area contributed by atoms with Gasteiger partial charge in [0.1, 0.15) is 12.4 Å². The van der Waals surface area contributed by atoms with Crippen molar-refractivity contribution in [2.75, 3.05) is 0 Å². The maximum Gasteiger partial charge on any atom is 0.358 e. The molecule has 0 saturated carbocycles. The molecule has 0 radical (unpaired) electrons. The molecule has 1 N–H and O–H groups in total. The molecule has 0 amide bonds. The first-order valence-corrected chi connectivity index (χ1v) is 4.94. The Morgan fingerprint density at radius 1 is 1.56 bits per heavy atom. The van der Waals surface area contributed by atoms with E-state index < -0.39 is 12.5 Å². The minimum atomic E-state index is -2.70. The second-order valence-corrected chi connectivity index (χ2v) is 3.51. The highest BCUT2D eigenvalue weighted by Gasteiger charge is 2.18. The average Bonchev–Trinajstić information content (AvgIpc) is 2.87. The van der Waals surface area contributed by atoms with Crippen LogP contribution in [0.1, 0.15) is 28.6 Å². The summed E-state index contributed by atoms with van der Waals surface area (Å²) in [5.41, 5.74) is 0.0801. The lowest BCUT2D eigenvalue weighted by atomic mass is 10.3. The van der Waals surface area contributed by atoms with Crippen LogP contribution in [0.15, 0.2) is 12.4 Å². The largest absolute Gasteiger partial charge is 0.476 e. The van der Waals surface area contributed by atoms with E-state index in [1.807, 2.05) is 0 Å². The lowest BCUT2D eigenvalue weighted by Gasteiger charge is -2.06. The number of aromatic carboxylic acids is 1. The molecule has 18 heavy (non-hydrogen) atoms. The molecule has 9 heteroatoms. The fraction of sp³-hybridized carbons (Fsp3) is 0.333. The summed E-state index contributed by atoms with van der Waals surface area (Å²) in [6, 6.07) is 0. The minimum absolute atomic E-state index is 0.0660. The van der Waals surface area contributed by atoms with Gasteiger partial charge in [-0.1, -0.05) is 5.21 Å². The first-order valence-electron chi connectivity index (χ1n) is 4.94. The molecule has 7 nitrogen and oxygen atoms in total. The Morgan fingerprint density at radius 2 is 2.28 bits per heavy atom. The van der Waals surface area contributed by atoms with E-state index in [9.17, 15) is 13.6 Å². The molecule has 0 fully saturated rings. The fourth-order valence-electron chi connectivity index (χ4n) is 1.49. The normalized spacial score (nSPS) is 11.1. The number of imidazole rings is 1. The first kappa shape index (κ1) is 12.1. The molecule has 2 rings (SSSR count). The SMILES string of the molecule is Cc1c(C(=O)O)nnn1Cc1nccn1C(F)F. The van der Waals surface area contributed by atoms with E-state index in [0.29, 0.717) is 4.57 Å². The summed E-state index contributed by atoms with van der Waals surface area (Å²) >= 11 is 0. The van der Waals surface area contributed by atoms with Crippen LogP contribution in [0.2, 0.25) is 0 Å². The minimum Gasteiger partial charge on any atom is -0.476 e. The third kappa shape index (κ3) is 2.06. The van der Waals surface area contributed by atoms with Crippen LogP contribution >= 0.6 is 0 Å². The van der Waals surface area contributed by atoms with Gasteiger partial charge in [0.25, 0.3) is 0 Å². The number of rotatable bonds is 4. The third-order valence-electron chi connectivity index (χ3n) is 2.44. The molecule has 0 aromatic carbocycles. The van der Waals surface area contributed by atoms with Gasteiger partial charge in [-0.05, 0) is 6.92 Å². The summed E-state index contributed by atoms with van der Waals surface area (Å²) in [4.78, 5) is 14.5. The van der Waals surface area contributed by atoms with Crippen molar-refractivity contribution >= 4 is 5.97 Å². The highest BCUT2D eigenvalue weighted by Crippen LogP contribution is 2.14. The maximum atomic E-state index is 12.6. The average molecular weight is 257 g/mol. The van der Waals surface area contributed by atoms with E-state index in [4.69, 9.17) is 5.11 Å². The number of hydrogen-bond donors (Lipinski definition) is 1. The van der Waals surface area contributed by atoms with Gasteiger partial charge in [-0.25, -0.2) is 14.5 Å². The molecule has 2 aromatic heterocycles. The van der Waals surface area contributed by atoms with Crippen molar-refractivity contribution < 1.29 is 18.7 Å². The molecule has 0 bridgehead atoms. The van der Waals surface area contributed by atoms with Crippen LogP contribution in [-0.4, -0.2) is 35.6 Å². The highest BCUT2D eigenvalue weighted by molar-refractivity contribution is 5.86. The number of carboxylic acid groups (broad SMARTS) is 1. The van der Waals surface area contributed by atoms with Gasteiger partial charge >= 0.3 is 12.5 Å². The van der Waals surface area contributed by atoms with E-state index in [2.05, 4.69) is 15.3 Å². The molecule has 2 aromatic rings. The van der Waals surface area contributed by atoms with Crippen LogP contribution in [0, 0.1) is 6.92 Å². The van der Waals surface area contributed by atoms with Crippen molar-refractivity contribution in [3.05, 3.63) is 29.6 Å². The third-order valence-corrected chi connectivity index (χ3v) is 2.44. The molecular formula is C9H9F2N5O2. The second-order valence-electron chi connectivity index (χ2n) is 3.51. The number of aromatic nitrogens is 5. The van der Waals surface area contributed by atoms with Crippen LogP contribution < -0.4 is 0 Å². The van der Waals surface area contributed by atoms with Gasteiger partial charge in [-0.15, -0.1) is 5.10 Å². The molecule has 0 aliphatic heterocycles. The van der Waals surface area contributed by atoms with E-state index in [-0.39, 0.29) is 23.8 Å². The van der Waals surface area contributed by atoms with Gasteiger partial charge in [-0.2, -0.15) is 8.78 Å². The Kier molecular flexibility index (Phi) is 3.04. The van der Waals surface area contributed by atoms with Crippen molar-refractivity contribution in [2.24, 2.45) is 0 Å². The number of carboxylic acids is 1. The smallest absolute Gasteiger partial charge is 0.358 e. The summed E-state index contributed by atoms with van der Waals surface area (Å²) < 4.78 is 27.1. The topological polar surface area (TPSA) is 85.8 Å². The molecule has 0 aliphatic rings. The Hall–Kier alpha value is -2.32. The molecule has 0 spiro atoms. The Labute approximate surface area is 99.7 Å². The van der Waals surface area contributed by atoms with Gasteiger partial charge in [-0.3, -0.25) is 4.57 Å². The predicted octanol–water partition coefficient (Wildman–Crippen LogP) is 0.925. The lowest BCUT2D eigenvalue weighted by Crippen LogP contribution is -2.11. The van der Waals surface area contributed by atoms with Gasteiger partial charge in [0.15, 0.2) is 5.69 Å². The molecule has 0 unspecified atom stereocenters. The van der Waals surface area contributed by atoms with Crippen molar-refractivity contribution in [1.82, 2.24) is 24.5 Å². The van der Waals surface area contributed by atoms with Gasteiger partial charge in [0.2, 0.25) is 0 Å². The summed E-state index contributed by atoms with van der Waals surface area (Å²) in [5.74, 6) is -1.13. The van der Waals surface area contributed by atoms with Crippen LogP contribution in [0.25, 0.3) is 0 Å². The van der Waals surface area contributed by atoms with Crippen molar-refractivity contribution in [3.8, 4) is 0 Å². The highest BCUT2D eigenvalue weighted by atomic mass is 19.3. The first-order chi connectivity index (χ1) is 8.50. The quantitative estimate of drug-likeness (QED) is 0.880. The zero-order valence-electron chi connectivity index (χ0n) is 9.29. The zero-order valence-corrected chi connectivity index (χ0v) is 9.29. The summed E-state index contributed by atoms with van der Waals surface area (Å²) in [7, 11) is 0. The number of halogens is 2. The van der Waals surface area contributed by atoms with Crippen LogP contribution in [0.3, 0.4) is 0 Å². The van der Waals surface area contributed by atoms with E-state index in [1.165, 1.54) is 17.8 Å². The summed E-state index contributed by atoms with van der Waals surface area (Å²) in [6.45, 7) is -1.27. The van der Waals surface area contributed by atoms with E-state index >= 15 is 0 Å². The second kappa shape index (κ2) is 4.51. The Balaban J connectivity index is 2.29. The molecule has 0 aliphatic carbocycles. The van der Waals surface area contributed by atoms with Gasteiger partial charge in [0.05, 0.1) is 5.69 Å². The number of carbonyl (C=O) groups is 1. The maximum absolute atomic E-state index is 12.6. The molecule has 96 valence electrons. The van der Waals surface area contributed by atoms with Crippen molar-refractivity contribution in [2.45, 2.75) is 20.0 Å². The van der Waals surface area contributed by atoms with Crippen molar-refractivity contribution in [3.63, 3.8) is 0 Å². The molecule has 0 saturated heterocycles. The predicted molar refractivity (Wildman–Crippen MR) is 54.3 cm³/mol. The Bertz CT molecular complexity index is 577. The lowest BCUT2D eigenvalue weighted by molar-refractivity contribution is 0.0661. The zero-order chi connectivity index (χ0) is 13.3. The van der Waals surface area contributed by atoms with Gasteiger partial charge < -0.3 is 5.11 Å². The van der Waals surface area contributed by atoms with Crippen molar-refractivity contribution in [1.29, 1.82) is 0 Å². The standard InChI is InChI=1S/C9H9F2N5O2/c1-5-7(8(17)18)13-14-16(5)4-6-12-2-3-15(6)9(10)11/h2-3,9H,4H2,1H3,(H,17,18). The summed E-state index contributed by atoms with van der Waals surface area (Å²) in [6.07, 6.45) is 2.39. The number of alkyl halides is 2. The fourth-order valence-corrected chi connectivity index (χ4v) is 1.49. The van der Waals surface area contributed by atoms with Gasteiger partial charge in [0, 0.05) is 12.4 Å². The summed E-state index contributed by atoms with van der Waals surface area (Å²) in [5, 5.41) is 15.9. The van der Waals surface area contributed by atoms with Crippen LogP contribution in [0.5, 0.6) is 0 Å².